The molecule has 3 aromatic carbocycles. The molecule has 1 aromatic heterocycles. The molecule has 1 atom stereocenters. The van der Waals surface area contributed by atoms with E-state index in [1.54, 1.807) is 43.3 Å². The molecule has 0 aliphatic carbocycles. The van der Waals surface area contributed by atoms with Crippen molar-refractivity contribution < 1.29 is 55.9 Å². The molecular weight excluding hydrogens is 599 g/mol. The third-order valence-electron chi connectivity index (χ3n) is 6.05. The van der Waals surface area contributed by atoms with Gasteiger partial charge in [0.25, 0.3) is 0 Å². The van der Waals surface area contributed by atoms with Gasteiger partial charge in [-0.1, -0.05) is 23.7 Å². The van der Waals surface area contributed by atoms with E-state index in [9.17, 15) is 22.8 Å². The molecule has 0 bridgehead atoms. The number of rotatable bonds is 8. The topological polar surface area (TPSA) is 112 Å². The number of hydrogen-bond acceptors (Lipinski definition) is 10. The zero-order valence-electron chi connectivity index (χ0n) is 22.4. The summed E-state index contributed by atoms with van der Waals surface area (Å²) in [6.07, 6.45) is -7.50. The van der Waals surface area contributed by atoms with Crippen LogP contribution in [0.2, 0.25) is 5.02 Å². The van der Waals surface area contributed by atoms with Crippen molar-refractivity contribution in [1.82, 2.24) is 4.98 Å². The van der Waals surface area contributed by atoms with E-state index in [0.717, 1.165) is 12.1 Å². The third kappa shape index (κ3) is 7.12. The predicted octanol–water partition coefficient (Wildman–Crippen LogP) is 7.61. The summed E-state index contributed by atoms with van der Waals surface area (Å²) in [5.41, 5.74) is 1.95. The quantitative estimate of drug-likeness (QED) is 0.183. The summed E-state index contributed by atoms with van der Waals surface area (Å²) in [5.74, 6) is 0.744. The Hall–Kier alpha value is -4.91. The molecule has 1 aliphatic rings. The van der Waals surface area contributed by atoms with Gasteiger partial charge in [0.15, 0.2) is 11.9 Å². The molecule has 0 amide bonds. The molecule has 4 aromatic rings. The van der Waals surface area contributed by atoms with Crippen LogP contribution in [0.3, 0.4) is 0 Å². The first-order valence-corrected chi connectivity index (χ1v) is 12.9. The lowest BCUT2D eigenvalue weighted by Gasteiger charge is -2.17. The Balaban J connectivity index is 1.43. The Morgan fingerprint density at radius 1 is 1.05 bits per heavy atom. The number of alkyl halides is 3. The van der Waals surface area contributed by atoms with Crippen molar-refractivity contribution in [3.8, 4) is 39.9 Å². The molecule has 0 N–H and O–H groups in total. The van der Waals surface area contributed by atoms with Crippen molar-refractivity contribution >= 4 is 34.8 Å². The fraction of sp³-hybridized carbons (Fsp3) is 0.207. The molecule has 1 saturated heterocycles. The lowest BCUT2D eigenvalue weighted by molar-refractivity contribution is -0.274. The number of fused-ring (bicyclic) bond motifs is 1. The number of carbonyl (C=O) groups excluding carboxylic acids is 2. The van der Waals surface area contributed by atoms with Crippen molar-refractivity contribution in [3.05, 3.63) is 71.4 Å². The van der Waals surface area contributed by atoms with Crippen LogP contribution in [-0.4, -0.2) is 50.1 Å². The second kappa shape index (κ2) is 12.1. The number of hydrogen-bond donors (Lipinski definition) is 0. The molecule has 2 heterocycles. The van der Waals surface area contributed by atoms with Gasteiger partial charge in [-0.2, -0.15) is 0 Å². The summed E-state index contributed by atoms with van der Waals surface area (Å²) in [6.45, 7) is 1.37. The maximum Gasteiger partial charge on any atom is 0.573 e. The van der Waals surface area contributed by atoms with Crippen LogP contribution < -0.4 is 18.9 Å². The van der Waals surface area contributed by atoms with E-state index >= 15 is 0 Å². The Kier molecular flexibility index (Phi) is 8.35. The first kappa shape index (κ1) is 29.6. The zero-order valence-corrected chi connectivity index (χ0v) is 23.2. The van der Waals surface area contributed by atoms with E-state index in [1.165, 1.54) is 19.2 Å². The van der Waals surface area contributed by atoms with Crippen molar-refractivity contribution in [2.24, 2.45) is 0 Å². The summed E-state index contributed by atoms with van der Waals surface area (Å²) in [7, 11) is 1.46. The van der Waals surface area contributed by atoms with E-state index in [1.807, 2.05) is 0 Å². The van der Waals surface area contributed by atoms with Crippen LogP contribution in [0.1, 0.15) is 5.69 Å². The van der Waals surface area contributed by atoms with Gasteiger partial charge in [-0.3, -0.25) is 4.98 Å². The second-order valence-corrected chi connectivity index (χ2v) is 9.42. The molecule has 1 unspecified atom stereocenters. The lowest BCUT2D eigenvalue weighted by Crippen LogP contribution is -2.22. The van der Waals surface area contributed by atoms with Gasteiger partial charge < -0.3 is 33.2 Å². The minimum Gasteiger partial charge on any atom is -0.495 e. The van der Waals surface area contributed by atoms with Crippen LogP contribution in [0.15, 0.2) is 60.7 Å². The van der Waals surface area contributed by atoms with E-state index in [4.69, 9.17) is 35.3 Å². The van der Waals surface area contributed by atoms with E-state index in [0.29, 0.717) is 39.2 Å². The van der Waals surface area contributed by atoms with Gasteiger partial charge >= 0.3 is 18.7 Å². The Bertz CT molecular complexity index is 1660. The normalized spacial score (nSPS) is 14.6. The fourth-order valence-corrected chi connectivity index (χ4v) is 4.45. The van der Waals surface area contributed by atoms with Crippen LogP contribution in [0.5, 0.6) is 28.7 Å². The number of ether oxygens (including phenoxy) is 7. The zero-order chi connectivity index (χ0) is 30.7. The second-order valence-electron chi connectivity index (χ2n) is 9.01. The summed E-state index contributed by atoms with van der Waals surface area (Å²) in [4.78, 5) is 28.5. The van der Waals surface area contributed by atoms with E-state index in [-0.39, 0.29) is 35.5 Å². The maximum absolute atomic E-state index is 12.8. The minimum atomic E-state index is -4.80. The minimum absolute atomic E-state index is 0.0655. The number of aryl methyl sites for hydroxylation is 1. The molecule has 10 nitrogen and oxygen atoms in total. The Morgan fingerprint density at radius 3 is 2.30 bits per heavy atom. The SMILES string of the molecule is COc1cc2nc(C)c(-c3ccc(Oc4ccc(OC(F)(F)F)cc4)cc3)c(OC(=O)OCC3COC(=O)O3)c2cc1Cl. The summed E-state index contributed by atoms with van der Waals surface area (Å²) in [5, 5.41) is 0.635. The molecule has 0 saturated carbocycles. The van der Waals surface area contributed by atoms with Gasteiger partial charge in [0, 0.05) is 22.7 Å². The molecule has 1 aliphatic heterocycles. The number of nitrogens with zero attached hydrogens (tertiary/aromatic N) is 1. The first-order chi connectivity index (χ1) is 20.5. The van der Waals surface area contributed by atoms with Crippen LogP contribution in [0, 0.1) is 6.92 Å². The molecular formula is C29H21ClF3NO9. The number of halogens is 4. The smallest absolute Gasteiger partial charge is 0.495 e. The van der Waals surface area contributed by atoms with Gasteiger partial charge in [-0.15, -0.1) is 13.2 Å². The van der Waals surface area contributed by atoms with Crippen LogP contribution in [-0.2, 0) is 14.2 Å². The summed E-state index contributed by atoms with van der Waals surface area (Å²) < 4.78 is 72.6. The average Bonchev–Trinajstić information content (AvgIpc) is 3.38. The fourth-order valence-electron chi connectivity index (χ4n) is 4.21. The lowest BCUT2D eigenvalue weighted by atomic mass is 10.00. The highest BCUT2D eigenvalue weighted by atomic mass is 35.5. The highest BCUT2D eigenvalue weighted by molar-refractivity contribution is 6.33. The standard InChI is InChI=1S/C29H21ClF3NO9/c1-15-25(16-3-5-17(6-4-16)40-18-7-9-19(10-8-18)43-29(31,32)33)26(21-11-22(30)24(37-2)12-23(21)34-15)42-28(36)39-14-20-13-38-27(35)41-20/h3-12,20H,13-14H2,1-2H3. The summed E-state index contributed by atoms with van der Waals surface area (Å²) in [6, 6.07) is 14.7. The monoisotopic (exact) mass is 619 g/mol. The number of cyclic esters (lactones) is 2. The molecule has 14 heteroatoms. The number of aromatic nitrogens is 1. The molecule has 0 spiro atoms. The third-order valence-corrected chi connectivity index (χ3v) is 6.35. The molecule has 224 valence electrons. The largest absolute Gasteiger partial charge is 0.573 e. The van der Waals surface area contributed by atoms with Gasteiger partial charge in [0.2, 0.25) is 0 Å². The molecule has 0 radical (unpaired) electrons. The highest BCUT2D eigenvalue weighted by Gasteiger charge is 2.31. The number of benzene rings is 3. The average molecular weight is 620 g/mol. The van der Waals surface area contributed by atoms with Crippen molar-refractivity contribution in [1.29, 1.82) is 0 Å². The van der Waals surface area contributed by atoms with Gasteiger partial charge in [-0.05, 0) is 55.0 Å². The highest BCUT2D eigenvalue weighted by Crippen LogP contribution is 2.42. The van der Waals surface area contributed by atoms with Crippen molar-refractivity contribution in [2.75, 3.05) is 20.3 Å². The van der Waals surface area contributed by atoms with Gasteiger partial charge in [0.1, 0.15) is 36.2 Å². The summed E-state index contributed by atoms with van der Waals surface area (Å²) >= 11 is 6.38. The number of methoxy groups -OCH3 is 1. The van der Waals surface area contributed by atoms with Crippen LogP contribution in [0.25, 0.3) is 22.0 Å². The Morgan fingerprint density at radius 2 is 1.70 bits per heavy atom. The van der Waals surface area contributed by atoms with E-state index < -0.39 is 24.8 Å². The Labute approximate surface area is 246 Å². The number of pyridine rings is 1. The van der Waals surface area contributed by atoms with Gasteiger partial charge in [0.05, 0.1) is 17.6 Å². The molecule has 1 fully saturated rings. The van der Waals surface area contributed by atoms with Crippen molar-refractivity contribution in [3.63, 3.8) is 0 Å². The van der Waals surface area contributed by atoms with Crippen LogP contribution >= 0.6 is 11.6 Å². The maximum atomic E-state index is 12.8. The molecule has 5 rings (SSSR count). The first-order valence-electron chi connectivity index (χ1n) is 12.5. The van der Waals surface area contributed by atoms with Crippen molar-refractivity contribution in [2.45, 2.75) is 19.4 Å². The molecule has 43 heavy (non-hydrogen) atoms. The van der Waals surface area contributed by atoms with Gasteiger partial charge in [-0.25, -0.2) is 9.59 Å². The predicted molar refractivity (Wildman–Crippen MR) is 145 cm³/mol. The van der Waals surface area contributed by atoms with E-state index in [2.05, 4.69) is 14.5 Å². The number of carbonyl (C=O) groups is 2. The van der Waals surface area contributed by atoms with Crippen LogP contribution in [0.4, 0.5) is 22.8 Å².